The molecule has 12 nitrogen and oxygen atoms in total. The van der Waals surface area contributed by atoms with Gasteiger partial charge in [-0.1, -0.05) is 95.9 Å². The van der Waals surface area contributed by atoms with Crippen LogP contribution in [0.25, 0.3) is 0 Å². The minimum absolute atomic E-state index is 0.0581. The number of allylic oxidation sites excluding steroid dienone is 1. The lowest BCUT2D eigenvalue weighted by molar-refractivity contribution is -0.0581. The molecule has 1 aromatic carbocycles. The molecule has 13 heteroatoms. The number of alkyl carbamates (subject to hydrolysis) is 1. The molecule has 0 spiro atoms. The van der Waals surface area contributed by atoms with E-state index in [1.165, 1.54) is 56.9 Å². The molecule has 0 saturated heterocycles. The summed E-state index contributed by atoms with van der Waals surface area (Å²) in [5.41, 5.74) is 14.3. The summed E-state index contributed by atoms with van der Waals surface area (Å²) in [6, 6.07) is 9.75. The van der Waals surface area contributed by atoms with Crippen molar-refractivity contribution in [2.45, 2.75) is 150 Å². The van der Waals surface area contributed by atoms with Gasteiger partial charge in [0.2, 0.25) is 0 Å². The fourth-order valence-corrected chi connectivity index (χ4v) is 13.5. The smallest absolute Gasteiger partial charge is 0.407 e. The molecule has 4 aliphatic carbocycles. The second-order valence-corrected chi connectivity index (χ2v) is 22.4. The fourth-order valence-electron chi connectivity index (χ4n) is 11.9. The zero-order chi connectivity index (χ0) is 45.5. The molecule has 1 amide bonds. The van der Waals surface area contributed by atoms with E-state index in [2.05, 4.69) is 68.1 Å². The predicted molar refractivity (Wildman–Crippen MR) is 257 cm³/mol. The first-order chi connectivity index (χ1) is 30.1. The summed E-state index contributed by atoms with van der Waals surface area (Å²) < 4.78 is 36.7. The van der Waals surface area contributed by atoms with Crippen LogP contribution in [0, 0.1) is 51.7 Å². The maximum absolute atomic E-state index is 13.5. The Labute approximate surface area is 380 Å². The molecule has 0 aliphatic heterocycles. The van der Waals surface area contributed by atoms with Gasteiger partial charge in [0.1, 0.15) is 6.10 Å². The largest absolute Gasteiger partial charge is 0.446 e. The van der Waals surface area contributed by atoms with Gasteiger partial charge >= 0.3 is 13.7 Å². The van der Waals surface area contributed by atoms with Crippen LogP contribution in [-0.4, -0.2) is 81.8 Å². The van der Waals surface area contributed by atoms with Crippen LogP contribution in [0.1, 0.15) is 137 Å². The van der Waals surface area contributed by atoms with Gasteiger partial charge in [-0.05, 0) is 123 Å². The number of nitrogens with zero attached hydrogens (tertiary/aromatic N) is 2. The summed E-state index contributed by atoms with van der Waals surface area (Å²) in [4.78, 5) is 22.2. The van der Waals surface area contributed by atoms with E-state index in [0.717, 1.165) is 60.3 Å². The van der Waals surface area contributed by atoms with E-state index in [0.29, 0.717) is 56.7 Å². The van der Waals surface area contributed by atoms with E-state index in [9.17, 15) is 9.36 Å². The molecule has 0 radical (unpaired) electrons. The van der Waals surface area contributed by atoms with Gasteiger partial charge in [0.05, 0.1) is 56.8 Å². The van der Waals surface area contributed by atoms with Crippen molar-refractivity contribution >= 4 is 31.6 Å². The number of benzene rings is 1. The third kappa shape index (κ3) is 15.0. The molecule has 0 bridgehead atoms. The highest BCUT2D eigenvalue weighted by Gasteiger charge is 2.59. The van der Waals surface area contributed by atoms with Crippen LogP contribution < -0.4 is 16.8 Å². The van der Waals surface area contributed by atoms with E-state index < -0.39 is 13.7 Å². The number of ether oxygens (including phenoxy) is 2. The third-order valence-corrected chi connectivity index (χ3v) is 17.1. The number of hydrogen-bond acceptors (Lipinski definition) is 9. The number of hydrogen-bond donors (Lipinski definition) is 4. The number of aliphatic imine (C=N–C) groups is 2. The van der Waals surface area contributed by atoms with E-state index in [1.807, 2.05) is 18.2 Å². The SMILES string of the molecule is CC(N)=NCCOP(=O)(CCCOCCN=CC(Cc1ccccc1)NC(=O)OC1CCC2(C)C(=CCC3C2CCC2(C)C(C(C)CCCC(C)C)CCC32)C1)OCCCC(=N)N. The molecule has 1 aromatic rings. The topological polar surface area (TPSA) is 184 Å². The second kappa shape index (κ2) is 24.5. The van der Waals surface area contributed by atoms with Crippen LogP contribution in [0.2, 0.25) is 0 Å². The van der Waals surface area contributed by atoms with E-state index in [4.69, 9.17) is 35.4 Å². The predicted octanol–water partition coefficient (Wildman–Crippen LogP) is 10.5. The highest BCUT2D eigenvalue weighted by molar-refractivity contribution is 7.53. The van der Waals surface area contributed by atoms with Crippen LogP contribution in [0.4, 0.5) is 4.79 Å². The monoisotopic (exact) mass is 895 g/mol. The summed E-state index contributed by atoms with van der Waals surface area (Å²) in [6.07, 6.45) is 19.5. The number of amides is 1. The number of nitrogens with one attached hydrogen (secondary N) is 2. The number of carbonyl (C=O) groups is 1. The highest BCUT2D eigenvalue weighted by atomic mass is 31.2. The van der Waals surface area contributed by atoms with Crippen molar-refractivity contribution in [3.63, 3.8) is 0 Å². The van der Waals surface area contributed by atoms with Gasteiger partial charge < -0.3 is 35.3 Å². The van der Waals surface area contributed by atoms with Gasteiger partial charge in [0.15, 0.2) is 0 Å². The third-order valence-electron chi connectivity index (χ3n) is 15.1. The minimum atomic E-state index is -3.39. The number of rotatable bonds is 26. The molecule has 10 unspecified atom stereocenters. The normalized spacial score (nSPS) is 29.0. The maximum atomic E-state index is 13.5. The fraction of sp³-hybridized carbons (Fsp3) is 0.760. The number of carbonyl (C=O) groups excluding carboxylic acids is 1. The molecule has 3 saturated carbocycles. The molecule has 4 aliphatic rings. The quantitative estimate of drug-likeness (QED) is 0.0233. The lowest BCUT2D eigenvalue weighted by Crippen LogP contribution is -2.51. The zero-order valence-corrected chi connectivity index (χ0v) is 40.6. The van der Waals surface area contributed by atoms with Crippen molar-refractivity contribution < 1.29 is 27.9 Å². The maximum Gasteiger partial charge on any atom is 0.407 e. The van der Waals surface area contributed by atoms with Crippen molar-refractivity contribution in [3.8, 4) is 0 Å². The average molecular weight is 895 g/mol. The van der Waals surface area contributed by atoms with Crippen molar-refractivity contribution in [3.05, 3.63) is 47.5 Å². The molecule has 63 heavy (non-hydrogen) atoms. The first-order valence-electron chi connectivity index (χ1n) is 24.4. The molecule has 0 aromatic heterocycles. The van der Waals surface area contributed by atoms with Gasteiger partial charge in [0.25, 0.3) is 0 Å². The van der Waals surface area contributed by atoms with Crippen molar-refractivity contribution in [1.82, 2.24) is 5.32 Å². The Kier molecular flexibility index (Phi) is 19.8. The minimum Gasteiger partial charge on any atom is -0.446 e. The Morgan fingerprint density at radius 1 is 0.952 bits per heavy atom. The molecule has 354 valence electrons. The van der Waals surface area contributed by atoms with Gasteiger partial charge in [-0.3, -0.25) is 20.0 Å². The summed E-state index contributed by atoms with van der Waals surface area (Å²) >= 11 is 0. The molecule has 10 atom stereocenters. The molecular weight excluding hydrogens is 812 g/mol. The number of fused-ring (bicyclic) bond motifs is 5. The Morgan fingerprint density at radius 3 is 2.48 bits per heavy atom. The molecular formula is C50H83N6O6P. The molecule has 6 N–H and O–H groups in total. The lowest BCUT2D eigenvalue weighted by Gasteiger charge is -2.58. The lowest BCUT2D eigenvalue weighted by atomic mass is 9.47. The molecule has 0 heterocycles. The van der Waals surface area contributed by atoms with E-state index in [-0.39, 0.29) is 49.3 Å². The molecule has 3 fully saturated rings. The van der Waals surface area contributed by atoms with Crippen molar-refractivity contribution in [2.24, 2.45) is 67.8 Å². The Hall–Kier alpha value is -3.05. The van der Waals surface area contributed by atoms with Crippen LogP contribution in [0.5, 0.6) is 0 Å². The average Bonchev–Trinajstić information content (AvgIpc) is 3.59. The van der Waals surface area contributed by atoms with Crippen LogP contribution in [0.15, 0.2) is 52.0 Å². The van der Waals surface area contributed by atoms with Gasteiger partial charge in [-0.15, -0.1) is 0 Å². The second-order valence-electron chi connectivity index (χ2n) is 20.2. The zero-order valence-electron chi connectivity index (χ0n) is 39.7. The summed E-state index contributed by atoms with van der Waals surface area (Å²) in [6.45, 7) is 15.9. The van der Waals surface area contributed by atoms with Gasteiger partial charge in [0, 0.05) is 25.7 Å². The Balaban J connectivity index is 1.09. The van der Waals surface area contributed by atoms with Crippen LogP contribution in [-0.2, 0) is 29.5 Å². The first kappa shape index (κ1) is 50.9. The highest BCUT2D eigenvalue weighted by Crippen LogP contribution is 2.67. The van der Waals surface area contributed by atoms with Crippen LogP contribution >= 0.6 is 7.60 Å². The van der Waals surface area contributed by atoms with E-state index in [1.54, 1.807) is 13.1 Å². The van der Waals surface area contributed by atoms with Crippen LogP contribution in [0.3, 0.4) is 0 Å². The summed E-state index contributed by atoms with van der Waals surface area (Å²) in [7, 11) is -3.39. The van der Waals surface area contributed by atoms with Crippen molar-refractivity contribution in [2.75, 3.05) is 45.7 Å². The van der Waals surface area contributed by atoms with E-state index >= 15 is 0 Å². The van der Waals surface area contributed by atoms with Gasteiger partial charge in [-0.2, -0.15) is 0 Å². The number of nitrogens with two attached hydrogens (primary N) is 2. The Bertz CT molecular complexity index is 1740. The Morgan fingerprint density at radius 2 is 1.73 bits per heavy atom. The molecule has 5 rings (SSSR count). The summed E-state index contributed by atoms with van der Waals surface area (Å²) in [5.74, 6) is 5.30. The first-order valence-corrected chi connectivity index (χ1v) is 26.1. The standard InChI is InChI=1S/C50H83N6O6P/c1-36(2)13-10-14-37(3)44-20-21-45-43-19-18-40-34-42(22-24-49(40,5)46(43)23-25-50(44,45)6)62-48(57)56-41(33-39-15-8-7-9-16-39)35-54-26-30-59-28-12-32-63(58,60-29-11-17-47(52)53)61-31-27-55-38(4)51/h7-9,15-16,18,35-37,41-46H,10-14,17,19-34H2,1-6H3,(H2,51,55)(H3,52,53)(H,56,57). The summed E-state index contributed by atoms with van der Waals surface area (Å²) in [5, 5.41) is 10.5. The van der Waals surface area contributed by atoms with Crippen molar-refractivity contribution in [1.29, 1.82) is 5.41 Å². The van der Waals surface area contributed by atoms with Gasteiger partial charge in [-0.25, -0.2) is 4.79 Å². The number of amidine groups is 2.